The van der Waals surface area contributed by atoms with Crippen LogP contribution in [0.25, 0.3) is 5.73 Å². The molecule has 0 saturated carbocycles. The van der Waals surface area contributed by atoms with Gasteiger partial charge in [-0.05, 0) is 0 Å². The molecule has 0 amide bonds. The van der Waals surface area contributed by atoms with Crippen LogP contribution >= 0.6 is 11.6 Å². The molecule has 0 aliphatic heterocycles. The van der Waals surface area contributed by atoms with Crippen LogP contribution in [0.2, 0.25) is 0 Å². The first-order valence-corrected chi connectivity index (χ1v) is 4.34. The maximum atomic E-state index is 7.30. The van der Waals surface area contributed by atoms with E-state index in [1.807, 2.05) is 0 Å². The number of aromatic nitrogens is 2. The van der Waals surface area contributed by atoms with Crippen molar-refractivity contribution in [1.29, 1.82) is 0 Å². The fourth-order valence-corrected chi connectivity index (χ4v) is 1.19. The fourth-order valence-electron chi connectivity index (χ4n) is 0.928. The average Bonchev–Trinajstić information content (AvgIpc) is 2.30. The average molecular weight is 190 g/mol. The van der Waals surface area contributed by atoms with Crippen LogP contribution in [0.15, 0.2) is 4.52 Å². The molecule has 0 aliphatic carbocycles. The summed E-state index contributed by atoms with van der Waals surface area (Å²) in [6.45, 7) is 4.89. The number of nitrogens with zero attached hydrogens (tertiary/aromatic N) is 2. The topological polar surface area (TPSA) is 53.7 Å². The molecule has 12 heavy (non-hydrogen) atoms. The van der Waals surface area contributed by atoms with Crippen LogP contribution in [0, 0.1) is 5.92 Å². The van der Waals surface area contributed by atoms with E-state index in [1.165, 1.54) is 0 Å². The molecule has 0 aromatic carbocycles. The smallest absolute Gasteiger partial charge is 0.249 e. The molecule has 0 spiro atoms. The van der Waals surface area contributed by atoms with Crippen LogP contribution in [0.3, 0.4) is 0 Å². The Morgan fingerprint density at radius 1 is 1.67 bits per heavy atom. The third-order valence-corrected chi connectivity index (χ3v) is 1.72. The van der Waals surface area contributed by atoms with Crippen LogP contribution in [0.5, 0.6) is 0 Å². The Bertz CT molecular complexity index is 259. The Hall–Kier alpha value is -0.770. The van der Waals surface area contributed by atoms with E-state index in [-0.39, 0.29) is 11.8 Å². The third kappa shape index (κ3) is 1.88. The molecule has 1 N–H and O–H groups in total. The Kier molecular flexibility index (Phi) is 2.92. The first-order chi connectivity index (χ1) is 5.65. The van der Waals surface area contributed by atoms with E-state index in [0.717, 1.165) is 6.54 Å². The van der Waals surface area contributed by atoms with Crippen molar-refractivity contribution in [3.8, 4) is 0 Å². The molecule has 0 aliphatic rings. The van der Waals surface area contributed by atoms with Crippen molar-refractivity contribution in [3.05, 3.63) is 11.4 Å². The molecule has 0 atom stereocenters. The Labute approximate surface area is 76.3 Å². The minimum atomic E-state index is 0.0608. The van der Waals surface area contributed by atoms with Crippen LogP contribution in [-0.4, -0.2) is 5.27 Å². The molecule has 5 heteroatoms. The van der Waals surface area contributed by atoms with Crippen molar-refractivity contribution >= 4 is 17.5 Å². The van der Waals surface area contributed by atoms with Crippen LogP contribution in [-0.2, 0) is 12.4 Å². The summed E-state index contributed by atoms with van der Waals surface area (Å²) >= 11 is 5.62. The Balaban J connectivity index is 2.84. The van der Waals surface area contributed by atoms with Crippen molar-refractivity contribution in [2.75, 3.05) is 0 Å². The van der Waals surface area contributed by atoms with Crippen molar-refractivity contribution in [1.82, 2.24) is 5.27 Å². The molecule has 0 saturated heterocycles. The summed E-state index contributed by atoms with van der Waals surface area (Å²) in [6.07, 6.45) is 0. The summed E-state index contributed by atoms with van der Waals surface area (Å²) in [5.41, 5.74) is 7.95. The highest BCUT2D eigenvalue weighted by Gasteiger charge is 2.17. The summed E-state index contributed by atoms with van der Waals surface area (Å²) in [5, 5.41) is 3.70. The fraction of sp³-hybridized carbons (Fsp3) is 0.714. The molecule has 0 unspecified atom stereocenters. The predicted molar refractivity (Wildman–Crippen MR) is 45.1 cm³/mol. The summed E-state index contributed by atoms with van der Waals surface area (Å²) in [7, 11) is 0. The van der Waals surface area contributed by atoms with Crippen molar-refractivity contribution in [2.24, 2.45) is 5.92 Å². The van der Waals surface area contributed by atoms with E-state index in [4.69, 9.17) is 17.3 Å². The van der Waals surface area contributed by atoms with Crippen LogP contribution < -0.4 is 4.68 Å². The van der Waals surface area contributed by atoms with E-state index < -0.39 is 0 Å². The lowest BCUT2D eigenvalue weighted by Gasteiger charge is -1.96. The first kappa shape index (κ1) is 9.32. The minimum Gasteiger partial charge on any atom is -0.660 e. The van der Waals surface area contributed by atoms with Crippen molar-refractivity contribution in [2.45, 2.75) is 26.3 Å². The van der Waals surface area contributed by atoms with Gasteiger partial charge in [0.05, 0.1) is 0 Å². The predicted octanol–water partition coefficient (Wildman–Crippen LogP) is 2.04. The van der Waals surface area contributed by atoms with Gasteiger partial charge in [-0.1, -0.05) is 18.5 Å². The van der Waals surface area contributed by atoms with E-state index in [1.54, 1.807) is 4.68 Å². The van der Waals surface area contributed by atoms with E-state index in [9.17, 15) is 0 Å². The SMILES string of the molecule is CC(C)C[n+]1noc([NH-])c1CCl. The monoisotopic (exact) mass is 189 g/mol. The second-order valence-corrected chi connectivity index (χ2v) is 3.33. The van der Waals surface area contributed by atoms with Gasteiger partial charge in [0, 0.05) is 5.92 Å². The molecule has 68 valence electrons. The van der Waals surface area contributed by atoms with E-state index in [2.05, 4.69) is 23.6 Å². The molecule has 0 radical (unpaired) electrons. The Morgan fingerprint density at radius 2 is 2.33 bits per heavy atom. The number of alkyl halides is 1. The molecule has 4 nitrogen and oxygen atoms in total. The summed E-state index contributed by atoms with van der Waals surface area (Å²) in [5.74, 6) is 0.807. The third-order valence-electron chi connectivity index (χ3n) is 1.47. The molecule has 0 bridgehead atoms. The number of nitrogens with one attached hydrogen (secondary N) is 1. The van der Waals surface area contributed by atoms with Gasteiger partial charge in [0.15, 0.2) is 11.8 Å². The van der Waals surface area contributed by atoms with Gasteiger partial charge < -0.3 is 10.3 Å². The highest BCUT2D eigenvalue weighted by molar-refractivity contribution is 6.17. The number of rotatable bonds is 3. The lowest BCUT2D eigenvalue weighted by atomic mass is 10.2. The Morgan fingerprint density at radius 3 is 2.83 bits per heavy atom. The van der Waals surface area contributed by atoms with Gasteiger partial charge in [-0.15, -0.1) is 11.6 Å². The second-order valence-electron chi connectivity index (χ2n) is 3.06. The van der Waals surface area contributed by atoms with Gasteiger partial charge in [-0.3, -0.25) is 0 Å². The molecule has 1 heterocycles. The first-order valence-electron chi connectivity index (χ1n) is 3.81. The maximum absolute atomic E-state index is 7.30. The van der Waals surface area contributed by atoms with Gasteiger partial charge in [0.2, 0.25) is 5.69 Å². The van der Waals surface area contributed by atoms with Crippen LogP contribution in [0.1, 0.15) is 19.5 Å². The molecular formula is C7H12ClN3O. The minimum absolute atomic E-state index is 0.0608. The summed E-state index contributed by atoms with van der Waals surface area (Å²) in [4.78, 5) is 0. The summed E-state index contributed by atoms with van der Waals surface area (Å²) < 4.78 is 6.32. The van der Waals surface area contributed by atoms with E-state index in [0.29, 0.717) is 11.6 Å². The standard InChI is InChI=1S/C7H12ClN3O/c1-5(2)4-11-6(3-8)7(9)12-10-11/h5,9H,3-4H2,1-2H3. The van der Waals surface area contributed by atoms with Gasteiger partial charge in [-0.2, -0.15) is 0 Å². The number of halogens is 1. The zero-order valence-corrected chi connectivity index (χ0v) is 7.93. The molecule has 0 fully saturated rings. The molecule has 1 aromatic heterocycles. The molecule has 1 aromatic rings. The van der Waals surface area contributed by atoms with Gasteiger partial charge in [0.25, 0.3) is 0 Å². The van der Waals surface area contributed by atoms with Gasteiger partial charge in [-0.25, -0.2) is 0 Å². The number of hydrogen-bond acceptors (Lipinski definition) is 2. The zero-order chi connectivity index (χ0) is 9.14. The molecular weight excluding hydrogens is 178 g/mol. The zero-order valence-electron chi connectivity index (χ0n) is 7.17. The highest BCUT2D eigenvalue weighted by Crippen LogP contribution is 2.14. The quantitative estimate of drug-likeness (QED) is 0.540. The number of hydrogen-bond donors (Lipinski definition) is 0. The maximum Gasteiger partial charge on any atom is 0.249 e. The van der Waals surface area contributed by atoms with Crippen molar-refractivity contribution in [3.63, 3.8) is 0 Å². The largest absolute Gasteiger partial charge is 0.660 e. The highest BCUT2D eigenvalue weighted by atomic mass is 35.5. The van der Waals surface area contributed by atoms with Gasteiger partial charge >= 0.3 is 0 Å². The summed E-state index contributed by atoms with van der Waals surface area (Å²) in [6, 6.07) is 0. The van der Waals surface area contributed by atoms with Crippen LogP contribution in [0.4, 0.5) is 5.88 Å². The second kappa shape index (κ2) is 3.76. The normalized spacial score (nSPS) is 11.0. The lowest BCUT2D eigenvalue weighted by molar-refractivity contribution is -0.771. The van der Waals surface area contributed by atoms with Gasteiger partial charge in [0.1, 0.15) is 11.8 Å². The van der Waals surface area contributed by atoms with Crippen molar-refractivity contribution < 1.29 is 9.20 Å². The lowest BCUT2D eigenvalue weighted by Crippen LogP contribution is -2.41. The molecule has 1 rings (SSSR count). The van der Waals surface area contributed by atoms with E-state index >= 15 is 0 Å².